The zero-order valence-corrected chi connectivity index (χ0v) is 13.2. The molecule has 110 valence electrons. The molecule has 0 aliphatic carbocycles. The van der Waals surface area contributed by atoms with E-state index in [1.54, 1.807) is 0 Å². The molecular weight excluding hydrogens is 246 g/mol. The van der Waals surface area contributed by atoms with Crippen LogP contribution < -0.4 is 5.32 Å². The van der Waals surface area contributed by atoms with Gasteiger partial charge in [0.2, 0.25) is 0 Å². The minimum atomic E-state index is 0.470. The molecule has 3 nitrogen and oxygen atoms in total. The molecule has 0 spiro atoms. The Morgan fingerprint density at radius 1 is 1.20 bits per heavy atom. The number of aryl methyl sites for hydroxylation is 1. The molecule has 3 heteroatoms. The van der Waals surface area contributed by atoms with Gasteiger partial charge in [-0.1, -0.05) is 26.0 Å². The Balaban J connectivity index is 2.32. The molecule has 0 aliphatic rings. The largest absolute Gasteiger partial charge is 0.325 e. The first kappa shape index (κ1) is 15.0. The van der Waals surface area contributed by atoms with Gasteiger partial charge in [0.1, 0.15) is 5.82 Å². The monoisotopic (exact) mass is 273 g/mol. The SMILES string of the molecule is CCCc1nc2ccccc2n1C(C)CC(C)NCC. The molecule has 2 unspecified atom stereocenters. The summed E-state index contributed by atoms with van der Waals surface area (Å²) >= 11 is 0. The quantitative estimate of drug-likeness (QED) is 0.828. The summed E-state index contributed by atoms with van der Waals surface area (Å²) in [4.78, 5) is 4.82. The standard InChI is InChI=1S/C17H27N3/c1-5-9-17-19-15-10-7-8-11-16(15)20(17)14(4)12-13(3)18-6-2/h7-8,10-11,13-14,18H,5-6,9,12H2,1-4H3. The second-order valence-corrected chi connectivity index (χ2v) is 5.68. The van der Waals surface area contributed by atoms with Crippen molar-refractivity contribution in [2.45, 2.75) is 59.0 Å². The summed E-state index contributed by atoms with van der Waals surface area (Å²) < 4.78 is 2.44. The highest BCUT2D eigenvalue weighted by Gasteiger charge is 2.16. The molecule has 0 aliphatic heterocycles. The van der Waals surface area contributed by atoms with Crippen LogP contribution in [-0.2, 0) is 6.42 Å². The minimum Gasteiger partial charge on any atom is -0.325 e. The molecule has 0 radical (unpaired) electrons. The number of para-hydroxylation sites is 2. The van der Waals surface area contributed by atoms with E-state index in [4.69, 9.17) is 4.98 Å². The van der Waals surface area contributed by atoms with Crippen molar-refractivity contribution in [3.05, 3.63) is 30.1 Å². The fraction of sp³-hybridized carbons (Fsp3) is 0.588. The van der Waals surface area contributed by atoms with Crippen LogP contribution >= 0.6 is 0 Å². The lowest BCUT2D eigenvalue weighted by atomic mass is 10.1. The normalized spacial score (nSPS) is 14.6. The van der Waals surface area contributed by atoms with E-state index in [-0.39, 0.29) is 0 Å². The molecule has 2 atom stereocenters. The highest BCUT2D eigenvalue weighted by Crippen LogP contribution is 2.24. The average molecular weight is 273 g/mol. The van der Waals surface area contributed by atoms with Crippen LogP contribution in [0.5, 0.6) is 0 Å². The summed E-state index contributed by atoms with van der Waals surface area (Å²) in [7, 11) is 0. The van der Waals surface area contributed by atoms with Crippen LogP contribution in [0.25, 0.3) is 11.0 Å². The van der Waals surface area contributed by atoms with Crippen LogP contribution in [0, 0.1) is 0 Å². The van der Waals surface area contributed by atoms with E-state index in [0.29, 0.717) is 12.1 Å². The minimum absolute atomic E-state index is 0.470. The first-order chi connectivity index (χ1) is 9.67. The Kier molecular flexibility index (Phi) is 5.18. The number of hydrogen-bond donors (Lipinski definition) is 1. The van der Waals surface area contributed by atoms with Crippen molar-refractivity contribution >= 4 is 11.0 Å². The Morgan fingerprint density at radius 2 is 1.95 bits per heavy atom. The van der Waals surface area contributed by atoms with Crippen LogP contribution in [0.15, 0.2) is 24.3 Å². The van der Waals surface area contributed by atoms with E-state index in [1.807, 2.05) is 0 Å². The molecule has 0 saturated carbocycles. The van der Waals surface area contributed by atoms with Crippen molar-refractivity contribution < 1.29 is 0 Å². The molecule has 1 N–H and O–H groups in total. The van der Waals surface area contributed by atoms with E-state index in [9.17, 15) is 0 Å². The lowest BCUT2D eigenvalue weighted by Gasteiger charge is -2.22. The van der Waals surface area contributed by atoms with E-state index < -0.39 is 0 Å². The first-order valence-corrected chi connectivity index (χ1v) is 7.86. The number of benzene rings is 1. The maximum atomic E-state index is 4.82. The molecule has 0 fully saturated rings. The second kappa shape index (κ2) is 6.89. The summed E-state index contributed by atoms with van der Waals surface area (Å²) in [5.74, 6) is 1.23. The van der Waals surface area contributed by atoms with Gasteiger partial charge in [0, 0.05) is 18.5 Å². The van der Waals surface area contributed by atoms with Crippen LogP contribution in [0.1, 0.15) is 52.4 Å². The van der Waals surface area contributed by atoms with Crippen molar-refractivity contribution in [1.29, 1.82) is 0 Å². The number of hydrogen-bond acceptors (Lipinski definition) is 2. The molecule has 1 aromatic carbocycles. The van der Waals surface area contributed by atoms with Gasteiger partial charge in [0.05, 0.1) is 11.0 Å². The predicted molar refractivity (Wildman–Crippen MR) is 86.2 cm³/mol. The molecule has 1 heterocycles. The summed E-state index contributed by atoms with van der Waals surface area (Å²) in [5.41, 5.74) is 2.39. The van der Waals surface area contributed by atoms with E-state index in [1.165, 1.54) is 11.3 Å². The van der Waals surface area contributed by atoms with Crippen molar-refractivity contribution in [2.75, 3.05) is 6.54 Å². The topological polar surface area (TPSA) is 29.9 Å². The van der Waals surface area contributed by atoms with Gasteiger partial charge >= 0.3 is 0 Å². The van der Waals surface area contributed by atoms with Gasteiger partial charge in [-0.2, -0.15) is 0 Å². The van der Waals surface area contributed by atoms with Crippen LogP contribution in [0.2, 0.25) is 0 Å². The third-order valence-corrected chi connectivity index (χ3v) is 3.83. The van der Waals surface area contributed by atoms with Crippen LogP contribution in [0.3, 0.4) is 0 Å². The predicted octanol–water partition coefficient (Wildman–Crippen LogP) is 3.94. The Morgan fingerprint density at radius 3 is 2.65 bits per heavy atom. The highest BCUT2D eigenvalue weighted by molar-refractivity contribution is 5.76. The number of nitrogens with one attached hydrogen (secondary N) is 1. The van der Waals surface area contributed by atoms with Crippen LogP contribution in [-0.4, -0.2) is 22.1 Å². The number of aromatic nitrogens is 2. The van der Waals surface area contributed by atoms with Crippen molar-refractivity contribution in [3.8, 4) is 0 Å². The van der Waals surface area contributed by atoms with E-state index in [2.05, 4.69) is 61.8 Å². The molecule has 2 rings (SSSR count). The second-order valence-electron chi connectivity index (χ2n) is 5.68. The Hall–Kier alpha value is -1.35. The molecule has 2 aromatic rings. The molecule has 0 saturated heterocycles. The molecule has 20 heavy (non-hydrogen) atoms. The van der Waals surface area contributed by atoms with Gasteiger partial charge in [-0.05, 0) is 45.4 Å². The van der Waals surface area contributed by atoms with Gasteiger partial charge in [-0.15, -0.1) is 0 Å². The average Bonchev–Trinajstić information content (AvgIpc) is 2.77. The smallest absolute Gasteiger partial charge is 0.110 e. The number of fused-ring (bicyclic) bond motifs is 1. The lowest BCUT2D eigenvalue weighted by molar-refractivity contribution is 0.416. The summed E-state index contributed by atoms with van der Waals surface area (Å²) in [5, 5.41) is 3.50. The third kappa shape index (κ3) is 3.21. The number of imidazole rings is 1. The molecular formula is C17H27N3. The van der Waals surface area contributed by atoms with Gasteiger partial charge in [-0.25, -0.2) is 4.98 Å². The summed E-state index contributed by atoms with van der Waals surface area (Å²) in [6.07, 6.45) is 3.32. The fourth-order valence-corrected chi connectivity index (χ4v) is 3.04. The van der Waals surface area contributed by atoms with E-state index in [0.717, 1.165) is 31.3 Å². The summed E-state index contributed by atoms with van der Waals surface area (Å²) in [6.45, 7) is 9.98. The first-order valence-electron chi connectivity index (χ1n) is 7.86. The zero-order chi connectivity index (χ0) is 14.5. The maximum absolute atomic E-state index is 4.82. The third-order valence-electron chi connectivity index (χ3n) is 3.83. The fourth-order valence-electron chi connectivity index (χ4n) is 3.04. The maximum Gasteiger partial charge on any atom is 0.110 e. The number of rotatable bonds is 7. The highest BCUT2D eigenvalue weighted by atomic mass is 15.1. The molecule has 1 aromatic heterocycles. The zero-order valence-electron chi connectivity index (χ0n) is 13.2. The van der Waals surface area contributed by atoms with Crippen molar-refractivity contribution in [2.24, 2.45) is 0 Å². The Labute approximate surface area is 122 Å². The van der Waals surface area contributed by atoms with Gasteiger partial charge in [0.25, 0.3) is 0 Å². The number of nitrogens with zero attached hydrogens (tertiary/aromatic N) is 2. The Bertz CT molecular complexity index is 544. The van der Waals surface area contributed by atoms with Crippen LogP contribution in [0.4, 0.5) is 0 Å². The molecule has 0 amide bonds. The summed E-state index contributed by atoms with van der Waals surface area (Å²) in [6, 6.07) is 9.49. The molecule has 0 bridgehead atoms. The van der Waals surface area contributed by atoms with Gasteiger partial charge in [-0.3, -0.25) is 0 Å². The van der Waals surface area contributed by atoms with Gasteiger partial charge in [0.15, 0.2) is 0 Å². The lowest BCUT2D eigenvalue weighted by Crippen LogP contribution is -2.28. The van der Waals surface area contributed by atoms with Crippen molar-refractivity contribution in [1.82, 2.24) is 14.9 Å². The van der Waals surface area contributed by atoms with E-state index >= 15 is 0 Å². The van der Waals surface area contributed by atoms with Gasteiger partial charge < -0.3 is 9.88 Å². The van der Waals surface area contributed by atoms with Crippen molar-refractivity contribution in [3.63, 3.8) is 0 Å².